The van der Waals surface area contributed by atoms with Gasteiger partial charge in [-0.3, -0.25) is 4.68 Å². The van der Waals surface area contributed by atoms with E-state index in [9.17, 15) is 0 Å². The van der Waals surface area contributed by atoms with Gasteiger partial charge in [-0.15, -0.1) is 0 Å². The molecule has 25 heavy (non-hydrogen) atoms. The molecule has 0 aliphatic rings. The largest absolute Gasteiger partial charge is 0.491 e. The first-order valence-corrected chi connectivity index (χ1v) is 8.22. The van der Waals surface area contributed by atoms with Crippen LogP contribution in [-0.4, -0.2) is 26.4 Å². The van der Waals surface area contributed by atoms with Crippen LogP contribution in [0.5, 0.6) is 5.75 Å². The van der Waals surface area contributed by atoms with Gasteiger partial charge in [0.2, 0.25) is 0 Å². The Morgan fingerprint density at radius 3 is 2.64 bits per heavy atom. The Labute approximate surface area is 145 Å². The molecule has 5 heteroatoms. The first kappa shape index (κ1) is 15.3. The van der Waals surface area contributed by atoms with Gasteiger partial charge in [0.1, 0.15) is 18.2 Å². The molecule has 2 aromatic carbocycles. The number of benzene rings is 2. The number of ether oxygens (including phenoxy) is 1. The summed E-state index contributed by atoms with van der Waals surface area (Å²) in [6.07, 6.45) is 7.40. The number of rotatable bonds is 5. The zero-order valence-corrected chi connectivity index (χ0v) is 14.0. The van der Waals surface area contributed by atoms with Crippen LogP contribution < -0.4 is 4.74 Å². The highest BCUT2D eigenvalue weighted by atomic mass is 16.5. The Hall–Kier alpha value is -3.21. The Balaban J connectivity index is 1.72. The van der Waals surface area contributed by atoms with Crippen molar-refractivity contribution in [2.45, 2.75) is 13.5 Å². The Morgan fingerprint density at radius 1 is 1.00 bits per heavy atom. The molecule has 0 aliphatic carbocycles. The van der Waals surface area contributed by atoms with Crippen LogP contribution in [0.25, 0.3) is 21.9 Å². The average Bonchev–Trinajstić information content (AvgIpc) is 3.16. The minimum atomic E-state index is 0.541. The summed E-state index contributed by atoms with van der Waals surface area (Å²) in [5.74, 6) is 1.59. The van der Waals surface area contributed by atoms with Gasteiger partial charge in [-0.05, 0) is 29.8 Å². The van der Waals surface area contributed by atoms with Crippen molar-refractivity contribution in [3.05, 3.63) is 73.1 Å². The summed E-state index contributed by atoms with van der Waals surface area (Å²) in [4.78, 5) is 8.69. The SMILES string of the molecule is Cc1ncc(-c2c(OCCn3cccn3)ccc3ccccc23)cn1. The summed E-state index contributed by atoms with van der Waals surface area (Å²) >= 11 is 0. The van der Waals surface area contributed by atoms with Crippen LogP contribution in [0.15, 0.2) is 67.3 Å². The molecule has 0 saturated carbocycles. The van der Waals surface area contributed by atoms with E-state index in [2.05, 4.69) is 33.3 Å². The minimum absolute atomic E-state index is 0.541. The van der Waals surface area contributed by atoms with Crippen molar-refractivity contribution < 1.29 is 4.74 Å². The van der Waals surface area contributed by atoms with Gasteiger partial charge >= 0.3 is 0 Å². The quantitative estimate of drug-likeness (QED) is 0.557. The van der Waals surface area contributed by atoms with E-state index >= 15 is 0 Å². The molecule has 0 spiro atoms. The van der Waals surface area contributed by atoms with Gasteiger partial charge in [0.25, 0.3) is 0 Å². The van der Waals surface area contributed by atoms with Crippen molar-refractivity contribution >= 4 is 10.8 Å². The lowest BCUT2D eigenvalue weighted by Gasteiger charge is -2.14. The number of hydrogen-bond donors (Lipinski definition) is 0. The predicted molar refractivity (Wildman–Crippen MR) is 97.4 cm³/mol. The van der Waals surface area contributed by atoms with Gasteiger partial charge in [0.15, 0.2) is 0 Å². The van der Waals surface area contributed by atoms with Gasteiger partial charge in [0.05, 0.1) is 6.54 Å². The van der Waals surface area contributed by atoms with Crippen molar-refractivity contribution in [2.75, 3.05) is 6.61 Å². The average molecular weight is 330 g/mol. The molecule has 0 amide bonds. The van der Waals surface area contributed by atoms with E-state index in [4.69, 9.17) is 4.74 Å². The third-order valence-corrected chi connectivity index (χ3v) is 4.10. The normalized spacial score (nSPS) is 10.9. The fourth-order valence-corrected chi connectivity index (χ4v) is 2.87. The summed E-state index contributed by atoms with van der Waals surface area (Å²) < 4.78 is 7.94. The minimum Gasteiger partial charge on any atom is -0.491 e. The fourth-order valence-electron chi connectivity index (χ4n) is 2.87. The van der Waals surface area contributed by atoms with Gasteiger partial charge in [-0.2, -0.15) is 5.10 Å². The highest BCUT2D eigenvalue weighted by Crippen LogP contribution is 2.36. The molecule has 124 valence electrons. The van der Waals surface area contributed by atoms with Crippen molar-refractivity contribution in [1.82, 2.24) is 19.7 Å². The lowest BCUT2D eigenvalue weighted by molar-refractivity contribution is 0.292. The molecule has 0 saturated heterocycles. The third kappa shape index (κ3) is 3.21. The standard InChI is InChI=1S/C20H18N4O/c1-15-21-13-17(14-22-15)20-18-6-3-2-5-16(18)7-8-19(20)25-12-11-24-10-4-9-23-24/h2-10,13-14H,11-12H2,1H3. The molecule has 4 rings (SSSR count). The van der Waals surface area contributed by atoms with Crippen LogP contribution in [0.3, 0.4) is 0 Å². The summed E-state index contributed by atoms with van der Waals surface area (Å²) in [5, 5.41) is 6.50. The van der Waals surface area contributed by atoms with Gasteiger partial charge in [-0.25, -0.2) is 9.97 Å². The first-order chi connectivity index (χ1) is 12.3. The van der Waals surface area contributed by atoms with Crippen LogP contribution >= 0.6 is 0 Å². The summed E-state index contributed by atoms with van der Waals surface area (Å²) in [6.45, 7) is 3.12. The second kappa shape index (κ2) is 6.73. The number of aryl methyl sites for hydroxylation is 1. The van der Waals surface area contributed by atoms with Gasteiger partial charge < -0.3 is 4.74 Å². The molecule has 0 radical (unpaired) electrons. The molecule has 5 nitrogen and oxygen atoms in total. The Morgan fingerprint density at radius 2 is 1.84 bits per heavy atom. The fraction of sp³-hybridized carbons (Fsp3) is 0.150. The van der Waals surface area contributed by atoms with Crippen LogP contribution in [0, 0.1) is 6.92 Å². The van der Waals surface area contributed by atoms with Crippen LogP contribution in [-0.2, 0) is 6.54 Å². The Kier molecular flexibility index (Phi) is 4.12. The van der Waals surface area contributed by atoms with E-state index in [1.807, 2.05) is 54.5 Å². The summed E-state index contributed by atoms with van der Waals surface area (Å²) in [5.41, 5.74) is 1.98. The smallest absolute Gasteiger partial charge is 0.127 e. The highest BCUT2D eigenvalue weighted by molar-refractivity contribution is 5.99. The molecule has 0 atom stereocenters. The summed E-state index contributed by atoms with van der Waals surface area (Å²) in [6, 6.07) is 14.3. The molecular formula is C20H18N4O. The van der Waals surface area contributed by atoms with Crippen molar-refractivity contribution in [1.29, 1.82) is 0 Å². The third-order valence-electron chi connectivity index (χ3n) is 4.10. The lowest BCUT2D eigenvalue weighted by Crippen LogP contribution is -2.09. The lowest BCUT2D eigenvalue weighted by atomic mass is 9.99. The predicted octanol–water partition coefficient (Wildman–Crippen LogP) is 3.88. The second-order valence-corrected chi connectivity index (χ2v) is 5.80. The monoisotopic (exact) mass is 330 g/mol. The van der Waals surface area contributed by atoms with E-state index in [0.29, 0.717) is 13.2 Å². The Bertz CT molecular complexity index is 978. The van der Waals surface area contributed by atoms with E-state index < -0.39 is 0 Å². The zero-order chi connectivity index (χ0) is 17.1. The summed E-state index contributed by atoms with van der Waals surface area (Å²) in [7, 11) is 0. The molecule has 0 unspecified atom stereocenters. The van der Waals surface area contributed by atoms with Crippen molar-refractivity contribution in [3.63, 3.8) is 0 Å². The number of hydrogen-bond acceptors (Lipinski definition) is 4. The maximum atomic E-state index is 6.09. The van der Waals surface area contributed by atoms with E-state index in [1.165, 1.54) is 0 Å². The first-order valence-electron chi connectivity index (χ1n) is 8.22. The van der Waals surface area contributed by atoms with Crippen LogP contribution in [0.1, 0.15) is 5.82 Å². The molecule has 0 fully saturated rings. The van der Waals surface area contributed by atoms with Crippen LogP contribution in [0.2, 0.25) is 0 Å². The van der Waals surface area contributed by atoms with E-state index in [1.54, 1.807) is 6.20 Å². The molecule has 4 aromatic rings. The second-order valence-electron chi connectivity index (χ2n) is 5.80. The van der Waals surface area contributed by atoms with E-state index in [0.717, 1.165) is 33.5 Å². The number of fused-ring (bicyclic) bond motifs is 1. The zero-order valence-electron chi connectivity index (χ0n) is 14.0. The van der Waals surface area contributed by atoms with Crippen LogP contribution in [0.4, 0.5) is 0 Å². The molecule has 0 N–H and O–H groups in total. The number of aromatic nitrogens is 4. The highest BCUT2D eigenvalue weighted by Gasteiger charge is 2.12. The van der Waals surface area contributed by atoms with E-state index in [-0.39, 0.29) is 0 Å². The van der Waals surface area contributed by atoms with Crippen molar-refractivity contribution in [2.24, 2.45) is 0 Å². The molecule has 2 aromatic heterocycles. The van der Waals surface area contributed by atoms with Gasteiger partial charge in [-0.1, -0.05) is 30.3 Å². The topological polar surface area (TPSA) is 52.8 Å². The molecule has 2 heterocycles. The molecule has 0 aliphatic heterocycles. The molecular weight excluding hydrogens is 312 g/mol. The maximum Gasteiger partial charge on any atom is 0.127 e. The van der Waals surface area contributed by atoms with Crippen molar-refractivity contribution in [3.8, 4) is 16.9 Å². The molecule has 0 bridgehead atoms. The number of nitrogens with zero attached hydrogens (tertiary/aromatic N) is 4. The van der Waals surface area contributed by atoms with Gasteiger partial charge in [0, 0.05) is 35.9 Å². The maximum absolute atomic E-state index is 6.09.